The molecule has 8 unspecified atom stereocenters. The lowest BCUT2D eigenvalue weighted by molar-refractivity contribution is 0.144. The van der Waals surface area contributed by atoms with E-state index in [9.17, 15) is 0 Å². The molecule has 2 aliphatic carbocycles. The Bertz CT molecular complexity index is 247. The van der Waals surface area contributed by atoms with Crippen LogP contribution in [0.5, 0.6) is 0 Å². The van der Waals surface area contributed by atoms with E-state index < -0.39 is 0 Å². The molecule has 16 heavy (non-hydrogen) atoms. The van der Waals surface area contributed by atoms with Gasteiger partial charge in [0.1, 0.15) is 0 Å². The molecular formula is C9H23N7. The third kappa shape index (κ3) is 1.41. The van der Waals surface area contributed by atoms with Crippen LogP contribution in [0.2, 0.25) is 0 Å². The van der Waals surface area contributed by atoms with E-state index in [1.807, 2.05) is 0 Å². The van der Waals surface area contributed by atoms with Gasteiger partial charge in [-0.2, -0.15) is 0 Å². The van der Waals surface area contributed by atoms with E-state index in [1.54, 1.807) is 0 Å². The summed E-state index contributed by atoms with van der Waals surface area (Å²) in [6.45, 7) is 0. The van der Waals surface area contributed by atoms with Crippen LogP contribution in [0, 0.1) is 11.8 Å². The van der Waals surface area contributed by atoms with Crippen molar-refractivity contribution in [3.63, 3.8) is 0 Å². The van der Waals surface area contributed by atoms with Crippen molar-refractivity contribution in [1.82, 2.24) is 0 Å². The molecule has 0 aromatic rings. The minimum Gasteiger partial charge on any atom is -0.326 e. The van der Waals surface area contributed by atoms with E-state index >= 15 is 0 Å². The highest BCUT2D eigenvalue weighted by Gasteiger charge is 2.56. The molecule has 0 saturated heterocycles. The summed E-state index contributed by atoms with van der Waals surface area (Å²) in [7, 11) is 0. The number of nitrogens with two attached hydrogens (primary N) is 7. The van der Waals surface area contributed by atoms with E-state index in [2.05, 4.69) is 0 Å². The Morgan fingerprint density at radius 3 is 0.750 bits per heavy atom. The Balaban J connectivity index is 2.33. The Hall–Kier alpha value is -0.280. The highest BCUT2D eigenvalue weighted by molar-refractivity contribution is 5.18. The van der Waals surface area contributed by atoms with Crippen LogP contribution < -0.4 is 40.1 Å². The van der Waals surface area contributed by atoms with Gasteiger partial charge in [0.15, 0.2) is 0 Å². The molecule has 7 nitrogen and oxygen atoms in total. The largest absolute Gasteiger partial charge is 0.326 e. The number of rotatable bonds is 0. The molecule has 0 heterocycles. The Morgan fingerprint density at radius 2 is 0.500 bits per heavy atom. The summed E-state index contributed by atoms with van der Waals surface area (Å²) >= 11 is 0. The SMILES string of the molecule is NC1C(N)C(N)C2C(N)C(N)C(N)C2C1N. The van der Waals surface area contributed by atoms with Crippen molar-refractivity contribution < 1.29 is 0 Å². The molecule has 94 valence electrons. The van der Waals surface area contributed by atoms with Crippen molar-refractivity contribution in [3.8, 4) is 0 Å². The van der Waals surface area contributed by atoms with Gasteiger partial charge in [0, 0.05) is 42.3 Å². The lowest BCUT2D eigenvalue weighted by atomic mass is 9.69. The maximum absolute atomic E-state index is 6.08. The number of hydrogen-bond donors (Lipinski definition) is 7. The van der Waals surface area contributed by atoms with Gasteiger partial charge in [-0.1, -0.05) is 0 Å². The first-order valence-electron chi connectivity index (χ1n) is 5.67. The van der Waals surface area contributed by atoms with Gasteiger partial charge in [-0.05, 0) is 11.8 Å². The van der Waals surface area contributed by atoms with Gasteiger partial charge in [-0.15, -0.1) is 0 Å². The molecule has 7 heteroatoms. The van der Waals surface area contributed by atoms with Crippen LogP contribution in [0.3, 0.4) is 0 Å². The molecule has 2 fully saturated rings. The predicted molar refractivity (Wildman–Crippen MR) is 62.8 cm³/mol. The van der Waals surface area contributed by atoms with E-state index in [0.29, 0.717) is 0 Å². The van der Waals surface area contributed by atoms with Crippen molar-refractivity contribution in [2.45, 2.75) is 42.3 Å². The average molecular weight is 229 g/mol. The summed E-state index contributed by atoms with van der Waals surface area (Å²) in [5, 5.41) is 0. The maximum atomic E-state index is 6.08. The lowest BCUT2D eigenvalue weighted by Crippen LogP contribution is -2.71. The molecule has 0 spiro atoms. The van der Waals surface area contributed by atoms with Gasteiger partial charge in [0.2, 0.25) is 0 Å². The molecule has 0 aliphatic heterocycles. The Labute approximate surface area is 95.0 Å². The molecule has 0 aromatic heterocycles. The van der Waals surface area contributed by atoms with Crippen molar-refractivity contribution in [2.75, 3.05) is 0 Å². The summed E-state index contributed by atoms with van der Waals surface area (Å²) < 4.78 is 0. The average Bonchev–Trinajstić information content (AvgIpc) is 2.48. The van der Waals surface area contributed by atoms with Crippen LogP contribution >= 0.6 is 0 Å². The zero-order valence-corrected chi connectivity index (χ0v) is 9.24. The van der Waals surface area contributed by atoms with E-state index in [0.717, 1.165) is 0 Å². The molecule has 0 aromatic carbocycles. The Kier molecular flexibility index (Phi) is 2.96. The van der Waals surface area contributed by atoms with Gasteiger partial charge in [0.25, 0.3) is 0 Å². The smallest absolute Gasteiger partial charge is 0.0365 e. The summed E-state index contributed by atoms with van der Waals surface area (Å²) in [6.07, 6.45) is 0. The fraction of sp³-hybridized carbons (Fsp3) is 1.00. The van der Waals surface area contributed by atoms with Crippen LogP contribution in [0.15, 0.2) is 0 Å². The second-order valence-corrected chi connectivity index (χ2v) is 5.20. The van der Waals surface area contributed by atoms with Gasteiger partial charge >= 0.3 is 0 Å². The fourth-order valence-electron chi connectivity index (χ4n) is 3.34. The third-order valence-electron chi connectivity index (χ3n) is 4.44. The number of fused-ring (bicyclic) bond motifs is 1. The quantitative estimate of drug-likeness (QED) is 0.218. The molecular weight excluding hydrogens is 206 g/mol. The van der Waals surface area contributed by atoms with E-state index in [4.69, 9.17) is 40.1 Å². The van der Waals surface area contributed by atoms with Crippen LogP contribution in [0.1, 0.15) is 0 Å². The highest BCUT2D eigenvalue weighted by atomic mass is 15.0. The molecule has 0 radical (unpaired) electrons. The summed E-state index contributed by atoms with van der Waals surface area (Å²) in [4.78, 5) is 0. The second kappa shape index (κ2) is 3.88. The molecule has 2 aliphatic rings. The fourth-order valence-corrected chi connectivity index (χ4v) is 3.34. The Morgan fingerprint density at radius 1 is 0.312 bits per heavy atom. The molecule has 2 rings (SSSR count). The van der Waals surface area contributed by atoms with Gasteiger partial charge in [0.05, 0.1) is 0 Å². The first kappa shape index (κ1) is 12.2. The first-order valence-corrected chi connectivity index (χ1v) is 5.67. The normalized spacial score (nSPS) is 62.1. The third-order valence-corrected chi connectivity index (χ3v) is 4.44. The maximum Gasteiger partial charge on any atom is 0.0365 e. The summed E-state index contributed by atoms with van der Waals surface area (Å²) in [5.41, 5.74) is 42.1. The zero-order chi connectivity index (χ0) is 12.2. The predicted octanol–water partition coefficient (Wildman–Crippen LogP) is -4.46. The van der Waals surface area contributed by atoms with E-state index in [1.165, 1.54) is 0 Å². The highest BCUT2D eigenvalue weighted by Crippen LogP contribution is 2.38. The molecule has 0 bridgehead atoms. The van der Waals surface area contributed by atoms with Crippen molar-refractivity contribution >= 4 is 0 Å². The van der Waals surface area contributed by atoms with Crippen molar-refractivity contribution in [2.24, 2.45) is 52.0 Å². The molecule has 0 amide bonds. The summed E-state index contributed by atoms with van der Waals surface area (Å²) in [5.74, 6) is -0.0652. The molecule has 2 saturated carbocycles. The van der Waals surface area contributed by atoms with Gasteiger partial charge in [-0.3, -0.25) is 0 Å². The molecule has 14 N–H and O–H groups in total. The van der Waals surface area contributed by atoms with Gasteiger partial charge < -0.3 is 40.1 Å². The van der Waals surface area contributed by atoms with Crippen molar-refractivity contribution in [3.05, 3.63) is 0 Å². The standard InChI is InChI=1S/C9H23N7/c10-3-1-2(4(11)7(3)14)6(13)9(16)8(15)5(1)12/h1-9H,10-16H2. The zero-order valence-electron chi connectivity index (χ0n) is 9.24. The van der Waals surface area contributed by atoms with Crippen molar-refractivity contribution in [1.29, 1.82) is 0 Å². The van der Waals surface area contributed by atoms with Gasteiger partial charge in [-0.25, -0.2) is 0 Å². The minimum atomic E-state index is -0.347. The van der Waals surface area contributed by atoms with Crippen LogP contribution in [0.25, 0.3) is 0 Å². The second-order valence-electron chi connectivity index (χ2n) is 5.20. The van der Waals surface area contributed by atoms with Crippen LogP contribution in [0.4, 0.5) is 0 Å². The number of hydrogen-bond acceptors (Lipinski definition) is 7. The van der Waals surface area contributed by atoms with Crippen LogP contribution in [-0.2, 0) is 0 Å². The summed E-state index contributed by atoms with van der Waals surface area (Å²) in [6, 6.07) is -2.05. The molecule has 8 atom stereocenters. The monoisotopic (exact) mass is 229 g/mol. The van der Waals surface area contributed by atoms with E-state index in [-0.39, 0.29) is 54.1 Å². The topological polar surface area (TPSA) is 182 Å². The van der Waals surface area contributed by atoms with Crippen LogP contribution in [-0.4, -0.2) is 42.3 Å². The lowest BCUT2D eigenvalue weighted by Gasteiger charge is -2.46. The first-order chi connectivity index (χ1) is 7.37. The minimum absolute atomic E-state index is 0.0326.